The first-order valence-electron chi connectivity index (χ1n) is 9.06. The van der Waals surface area contributed by atoms with Gasteiger partial charge in [-0.25, -0.2) is 0 Å². The maximum absolute atomic E-state index is 12.5. The fourth-order valence-electron chi connectivity index (χ4n) is 3.12. The number of carbonyl (C=O) groups excluding carboxylic acids is 2. The number of nitrogens with zero attached hydrogens (tertiary/aromatic N) is 1. The van der Waals surface area contributed by atoms with Crippen LogP contribution in [0.4, 0.5) is 5.69 Å². The van der Waals surface area contributed by atoms with E-state index >= 15 is 0 Å². The number of hydrogen-bond acceptors (Lipinski definition) is 4. The molecule has 1 aliphatic heterocycles. The van der Waals surface area contributed by atoms with Crippen molar-refractivity contribution < 1.29 is 14.3 Å². The van der Waals surface area contributed by atoms with Gasteiger partial charge in [0.25, 0.3) is 5.91 Å². The van der Waals surface area contributed by atoms with Crippen LogP contribution in [-0.2, 0) is 4.79 Å². The fraction of sp³-hybridized carbons (Fsp3) is 0.136. The molecule has 0 aliphatic carbocycles. The Labute approximate surface area is 162 Å². The Morgan fingerprint density at radius 3 is 2.50 bits per heavy atom. The third-order valence-corrected chi connectivity index (χ3v) is 4.54. The molecule has 1 unspecified atom stereocenters. The summed E-state index contributed by atoms with van der Waals surface area (Å²) in [6, 6.07) is 18.0. The molecule has 0 radical (unpaired) electrons. The highest BCUT2D eigenvalue weighted by molar-refractivity contribution is 6.04. The Kier molecular flexibility index (Phi) is 5.01. The summed E-state index contributed by atoms with van der Waals surface area (Å²) >= 11 is 0. The van der Waals surface area contributed by atoms with Crippen molar-refractivity contribution in [2.75, 3.05) is 5.32 Å². The Morgan fingerprint density at radius 2 is 1.79 bits per heavy atom. The lowest BCUT2D eigenvalue weighted by Gasteiger charge is -2.13. The molecule has 140 valence electrons. The number of aromatic nitrogens is 1. The number of amides is 2. The number of nitrogens with one attached hydrogen (secondary N) is 2. The van der Waals surface area contributed by atoms with Crippen molar-refractivity contribution in [3.8, 4) is 11.5 Å². The second-order valence-corrected chi connectivity index (χ2v) is 6.55. The van der Waals surface area contributed by atoms with Crippen LogP contribution in [0.1, 0.15) is 34.8 Å². The summed E-state index contributed by atoms with van der Waals surface area (Å²) in [5.74, 6) is 1.18. The van der Waals surface area contributed by atoms with Crippen molar-refractivity contribution in [2.24, 2.45) is 0 Å². The van der Waals surface area contributed by atoms with Crippen molar-refractivity contribution in [1.82, 2.24) is 10.3 Å². The Bertz CT molecular complexity index is 987. The third kappa shape index (κ3) is 4.17. The van der Waals surface area contributed by atoms with Gasteiger partial charge in [-0.1, -0.05) is 12.1 Å². The first-order valence-corrected chi connectivity index (χ1v) is 9.06. The van der Waals surface area contributed by atoms with E-state index in [1.54, 1.807) is 48.8 Å². The summed E-state index contributed by atoms with van der Waals surface area (Å²) < 4.78 is 5.71. The maximum Gasteiger partial charge on any atom is 0.255 e. The smallest absolute Gasteiger partial charge is 0.255 e. The molecular formula is C22H19N3O3. The van der Waals surface area contributed by atoms with Gasteiger partial charge in [0.05, 0.1) is 6.04 Å². The Morgan fingerprint density at radius 1 is 1.04 bits per heavy atom. The van der Waals surface area contributed by atoms with E-state index in [0.29, 0.717) is 29.2 Å². The predicted molar refractivity (Wildman–Crippen MR) is 105 cm³/mol. The summed E-state index contributed by atoms with van der Waals surface area (Å²) in [6.07, 6.45) is 4.62. The lowest BCUT2D eigenvalue weighted by molar-refractivity contribution is -0.119. The molecule has 6 nitrogen and oxygen atoms in total. The van der Waals surface area contributed by atoms with Gasteiger partial charge in [0.1, 0.15) is 11.5 Å². The van der Waals surface area contributed by atoms with Crippen LogP contribution in [0.5, 0.6) is 11.5 Å². The van der Waals surface area contributed by atoms with E-state index in [4.69, 9.17) is 4.74 Å². The highest BCUT2D eigenvalue weighted by Crippen LogP contribution is 2.26. The van der Waals surface area contributed by atoms with Gasteiger partial charge in [0.15, 0.2) is 0 Å². The summed E-state index contributed by atoms with van der Waals surface area (Å²) in [7, 11) is 0. The number of ether oxygens (including phenoxy) is 1. The zero-order valence-electron chi connectivity index (χ0n) is 15.1. The molecule has 0 saturated carbocycles. The van der Waals surface area contributed by atoms with Crippen molar-refractivity contribution >= 4 is 17.5 Å². The maximum atomic E-state index is 12.5. The second kappa shape index (κ2) is 7.92. The third-order valence-electron chi connectivity index (χ3n) is 4.54. The van der Waals surface area contributed by atoms with Crippen LogP contribution in [-0.4, -0.2) is 16.8 Å². The van der Waals surface area contributed by atoms with E-state index in [-0.39, 0.29) is 17.9 Å². The largest absolute Gasteiger partial charge is 0.457 e. The standard InChI is InChI=1S/C22H19N3O3/c26-21-9-8-20(25-21)16-2-1-3-17(14-16)24-22(27)15-4-6-18(7-5-15)28-19-10-12-23-13-11-19/h1-7,10-14,20H,8-9H2,(H,24,27)(H,25,26). The van der Waals surface area contributed by atoms with E-state index in [9.17, 15) is 9.59 Å². The van der Waals surface area contributed by atoms with Gasteiger partial charge in [-0.3, -0.25) is 14.6 Å². The molecule has 0 bridgehead atoms. The predicted octanol–water partition coefficient (Wildman–Crippen LogP) is 4.08. The number of benzene rings is 2. The van der Waals surface area contributed by atoms with E-state index < -0.39 is 0 Å². The molecule has 28 heavy (non-hydrogen) atoms. The lowest BCUT2D eigenvalue weighted by atomic mass is 10.0. The summed E-state index contributed by atoms with van der Waals surface area (Å²) in [5, 5.41) is 5.84. The van der Waals surface area contributed by atoms with E-state index in [0.717, 1.165) is 12.0 Å². The van der Waals surface area contributed by atoms with Crippen molar-refractivity contribution in [1.29, 1.82) is 0 Å². The molecule has 1 saturated heterocycles. The first-order chi connectivity index (χ1) is 13.7. The minimum atomic E-state index is -0.205. The van der Waals surface area contributed by atoms with Crippen LogP contribution in [0.3, 0.4) is 0 Å². The number of rotatable bonds is 5. The quantitative estimate of drug-likeness (QED) is 0.706. The van der Waals surface area contributed by atoms with Crippen LogP contribution in [0.2, 0.25) is 0 Å². The normalized spacial score (nSPS) is 15.7. The SMILES string of the molecule is O=C1CCC(c2cccc(NC(=O)c3ccc(Oc4ccncc4)cc3)c2)N1. The second-order valence-electron chi connectivity index (χ2n) is 6.55. The molecular weight excluding hydrogens is 354 g/mol. The molecule has 1 fully saturated rings. The molecule has 2 N–H and O–H groups in total. The van der Waals surface area contributed by atoms with Gasteiger partial charge >= 0.3 is 0 Å². The molecule has 2 amide bonds. The average molecular weight is 373 g/mol. The number of pyridine rings is 1. The van der Waals surface area contributed by atoms with E-state index in [2.05, 4.69) is 15.6 Å². The molecule has 2 heterocycles. The molecule has 1 aromatic heterocycles. The molecule has 1 aliphatic rings. The van der Waals surface area contributed by atoms with E-state index in [1.165, 1.54) is 0 Å². The lowest BCUT2D eigenvalue weighted by Crippen LogP contribution is -2.18. The summed E-state index contributed by atoms with van der Waals surface area (Å²) in [6.45, 7) is 0. The summed E-state index contributed by atoms with van der Waals surface area (Å²) in [4.78, 5) is 27.9. The van der Waals surface area contributed by atoms with Gasteiger partial charge in [-0.2, -0.15) is 0 Å². The Hall–Kier alpha value is -3.67. The fourth-order valence-corrected chi connectivity index (χ4v) is 3.12. The van der Waals surface area contributed by atoms with Crippen molar-refractivity contribution in [2.45, 2.75) is 18.9 Å². The van der Waals surface area contributed by atoms with Gasteiger partial charge in [-0.05, 0) is 60.5 Å². The minimum Gasteiger partial charge on any atom is -0.457 e. The van der Waals surface area contributed by atoms with Crippen molar-refractivity contribution in [3.05, 3.63) is 84.2 Å². The van der Waals surface area contributed by atoms with Crippen LogP contribution in [0, 0.1) is 0 Å². The van der Waals surface area contributed by atoms with Crippen LogP contribution in [0.25, 0.3) is 0 Å². The Balaban J connectivity index is 1.41. The molecule has 3 aromatic rings. The molecule has 6 heteroatoms. The van der Waals surface area contributed by atoms with E-state index in [1.807, 2.05) is 24.3 Å². The highest BCUT2D eigenvalue weighted by Gasteiger charge is 2.22. The monoisotopic (exact) mass is 373 g/mol. The summed E-state index contributed by atoms with van der Waals surface area (Å²) in [5.41, 5.74) is 2.21. The highest BCUT2D eigenvalue weighted by atomic mass is 16.5. The van der Waals surface area contributed by atoms with Gasteiger partial charge in [-0.15, -0.1) is 0 Å². The first kappa shape index (κ1) is 17.7. The minimum absolute atomic E-state index is 0.00831. The van der Waals surface area contributed by atoms with Crippen LogP contribution >= 0.6 is 0 Å². The topological polar surface area (TPSA) is 80.3 Å². The average Bonchev–Trinajstić information content (AvgIpc) is 3.16. The molecule has 4 rings (SSSR count). The van der Waals surface area contributed by atoms with Gasteiger partial charge in [0.2, 0.25) is 5.91 Å². The van der Waals surface area contributed by atoms with Gasteiger partial charge in [0, 0.05) is 30.1 Å². The number of carbonyl (C=O) groups is 2. The van der Waals surface area contributed by atoms with Crippen LogP contribution in [0.15, 0.2) is 73.1 Å². The molecule has 2 aromatic carbocycles. The number of hydrogen-bond donors (Lipinski definition) is 2. The van der Waals surface area contributed by atoms with Crippen molar-refractivity contribution in [3.63, 3.8) is 0 Å². The number of anilines is 1. The molecule has 0 spiro atoms. The zero-order valence-corrected chi connectivity index (χ0v) is 15.1. The zero-order chi connectivity index (χ0) is 19.3. The van der Waals surface area contributed by atoms with Crippen LogP contribution < -0.4 is 15.4 Å². The molecule has 1 atom stereocenters. The van der Waals surface area contributed by atoms with Gasteiger partial charge < -0.3 is 15.4 Å².